The number of nitro benzene ring substituents is 1. The molecule has 1 aromatic rings. The highest BCUT2D eigenvalue weighted by atomic mass is 16.6. The monoisotopic (exact) mass is 279 g/mol. The lowest BCUT2D eigenvalue weighted by Gasteiger charge is -2.33. The highest BCUT2D eigenvalue weighted by Gasteiger charge is 2.59. The van der Waals surface area contributed by atoms with Crippen LogP contribution in [0.4, 0.5) is 5.69 Å². The molecule has 0 amide bonds. The van der Waals surface area contributed by atoms with Crippen LogP contribution in [-0.4, -0.2) is 36.8 Å². The van der Waals surface area contributed by atoms with Gasteiger partial charge in [-0.05, 0) is 33.8 Å². The first-order chi connectivity index (χ1) is 9.12. The number of para-hydroxylation sites is 1. The van der Waals surface area contributed by atoms with Crippen molar-refractivity contribution in [2.45, 2.75) is 38.8 Å². The Bertz CT molecular complexity index is 607. The van der Waals surface area contributed by atoms with E-state index in [1.54, 1.807) is 33.8 Å². The summed E-state index contributed by atoms with van der Waals surface area (Å²) >= 11 is 0. The topological polar surface area (TPSA) is 92.7 Å². The van der Waals surface area contributed by atoms with Crippen molar-refractivity contribution in [1.82, 2.24) is 5.06 Å². The third-order valence-electron chi connectivity index (χ3n) is 4.27. The molecule has 0 aliphatic carbocycles. The summed E-state index contributed by atoms with van der Waals surface area (Å²) in [6.07, 6.45) is 0. The minimum absolute atomic E-state index is 0.104. The van der Waals surface area contributed by atoms with Gasteiger partial charge in [0.2, 0.25) is 0 Å². The van der Waals surface area contributed by atoms with Crippen LogP contribution in [0.15, 0.2) is 24.3 Å². The van der Waals surface area contributed by atoms with Gasteiger partial charge < -0.3 is 5.21 Å². The van der Waals surface area contributed by atoms with Crippen LogP contribution in [0.3, 0.4) is 0 Å². The summed E-state index contributed by atoms with van der Waals surface area (Å²) < 4.78 is 0.634. The molecule has 1 aliphatic heterocycles. The van der Waals surface area contributed by atoms with Crippen LogP contribution >= 0.6 is 0 Å². The van der Waals surface area contributed by atoms with E-state index >= 15 is 0 Å². The summed E-state index contributed by atoms with van der Waals surface area (Å²) in [5, 5.41) is 34.7. The van der Waals surface area contributed by atoms with Crippen LogP contribution in [0.25, 0.3) is 0 Å². The van der Waals surface area contributed by atoms with Crippen molar-refractivity contribution in [3.8, 4) is 0 Å². The van der Waals surface area contributed by atoms with Gasteiger partial charge in [0, 0.05) is 6.07 Å². The molecule has 0 saturated heterocycles. The summed E-state index contributed by atoms with van der Waals surface area (Å²) in [4.78, 5) is 10.5. The molecule has 0 aromatic heterocycles. The maximum absolute atomic E-state index is 12.5. The van der Waals surface area contributed by atoms with Crippen molar-refractivity contribution >= 4 is 11.5 Å². The number of hydroxylamine groups is 3. The number of rotatable bonds is 2. The van der Waals surface area contributed by atoms with Gasteiger partial charge >= 0.3 is 5.84 Å². The molecule has 7 nitrogen and oxygen atoms in total. The summed E-state index contributed by atoms with van der Waals surface area (Å²) in [7, 11) is 0. The molecule has 0 radical (unpaired) electrons. The summed E-state index contributed by atoms with van der Waals surface area (Å²) in [6, 6.07) is 5.88. The normalized spacial score (nSPS) is 20.4. The van der Waals surface area contributed by atoms with Crippen molar-refractivity contribution in [3.63, 3.8) is 0 Å². The van der Waals surface area contributed by atoms with Gasteiger partial charge in [-0.25, -0.2) is 5.21 Å². The number of hydrogen-bond acceptors (Lipinski definition) is 5. The van der Waals surface area contributed by atoms with Gasteiger partial charge in [-0.2, -0.15) is 0 Å². The molecule has 1 N–H and O–H groups in total. The van der Waals surface area contributed by atoms with Gasteiger partial charge in [-0.1, -0.05) is 12.1 Å². The first kappa shape index (κ1) is 14.3. The Morgan fingerprint density at radius 2 is 1.80 bits per heavy atom. The van der Waals surface area contributed by atoms with E-state index < -0.39 is 16.0 Å². The Morgan fingerprint density at radius 3 is 2.25 bits per heavy atom. The Hall–Kier alpha value is -2.15. The number of benzene rings is 1. The Labute approximate surface area is 116 Å². The van der Waals surface area contributed by atoms with E-state index in [4.69, 9.17) is 0 Å². The number of nitro groups is 1. The van der Waals surface area contributed by atoms with Gasteiger partial charge in [-0.3, -0.25) is 14.9 Å². The Kier molecular flexibility index (Phi) is 2.98. The van der Waals surface area contributed by atoms with Crippen molar-refractivity contribution < 1.29 is 14.9 Å². The van der Waals surface area contributed by atoms with Crippen molar-refractivity contribution in [3.05, 3.63) is 45.2 Å². The summed E-state index contributed by atoms with van der Waals surface area (Å²) in [6.45, 7) is 6.79. The smallest absolute Gasteiger partial charge is 0.320 e. The fourth-order valence-electron chi connectivity index (χ4n) is 2.17. The van der Waals surface area contributed by atoms with E-state index in [9.17, 15) is 20.5 Å². The van der Waals surface area contributed by atoms with Crippen molar-refractivity contribution in [1.29, 1.82) is 0 Å². The Balaban J connectivity index is 2.71. The molecule has 0 saturated carbocycles. The minimum atomic E-state index is -0.930. The second-order valence-electron chi connectivity index (χ2n) is 5.82. The quantitative estimate of drug-likeness (QED) is 0.387. The molecular formula is C13H17N3O4. The van der Waals surface area contributed by atoms with Gasteiger partial charge in [-0.15, -0.1) is 5.06 Å². The van der Waals surface area contributed by atoms with E-state index in [2.05, 4.69) is 0 Å². The van der Waals surface area contributed by atoms with E-state index in [1.807, 2.05) is 0 Å². The average molecular weight is 279 g/mol. The SMILES string of the molecule is CC1(C)N(O)C(c2ccccc2[N+](=O)[O-])=[N+]([O-])C1(C)C. The first-order valence-corrected chi connectivity index (χ1v) is 6.19. The fourth-order valence-corrected chi connectivity index (χ4v) is 2.17. The molecule has 0 spiro atoms. The van der Waals surface area contributed by atoms with E-state index in [1.165, 1.54) is 18.2 Å². The Morgan fingerprint density at radius 1 is 1.25 bits per heavy atom. The minimum Gasteiger partial charge on any atom is -0.714 e. The van der Waals surface area contributed by atoms with Crippen molar-refractivity contribution in [2.24, 2.45) is 0 Å². The van der Waals surface area contributed by atoms with Crippen LogP contribution in [0.2, 0.25) is 0 Å². The molecule has 1 heterocycles. The lowest BCUT2D eigenvalue weighted by molar-refractivity contribution is -0.539. The van der Waals surface area contributed by atoms with Gasteiger partial charge in [0.25, 0.3) is 5.69 Å². The maximum Gasteiger partial charge on any atom is 0.320 e. The third kappa shape index (κ3) is 1.66. The molecule has 0 bridgehead atoms. The molecule has 20 heavy (non-hydrogen) atoms. The second-order valence-corrected chi connectivity index (χ2v) is 5.82. The summed E-state index contributed by atoms with van der Waals surface area (Å²) in [5.41, 5.74) is -1.92. The molecule has 108 valence electrons. The lowest BCUT2D eigenvalue weighted by Crippen LogP contribution is -2.53. The first-order valence-electron chi connectivity index (χ1n) is 6.19. The van der Waals surface area contributed by atoms with Crippen molar-refractivity contribution in [2.75, 3.05) is 0 Å². The van der Waals surface area contributed by atoms with Crippen LogP contribution in [0.5, 0.6) is 0 Å². The lowest BCUT2D eigenvalue weighted by atomic mass is 9.84. The molecule has 0 fully saturated rings. The predicted octanol–water partition coefficient (Wildman–Crippen LogP) is 2.11. The zero-order valence-corrected chi connectivity index (χ0v) is 11.8. The zero-order valence-electron chi connectivity index (χ0n) is 11.8. The average Bonchev–Trinajstić information content (AvgIpc) is 2.49. The van der Waals surface area contributed by atoms with Crippen LogP contribution in [-0.2, 0) is 0 Å². The molecule has 1 aromatic carbocycles. The van der Waals surface area contributed by atoms with E-state index in [0.717, 1.165) is 5.06 Å². The second kappa shape index (κ2) is 4.17. The highest BCUT2D eigenvalue weighted by Crippen LogP contribution is 2.38. The van der Waals surface area contributed by atoms with Crippen LogP contribution < -0.4 is 0 Å². The van der Waals surface area contributed by atoms with Crippen LogP contribution in [0.1, 0.15) is 33.3 Å². The molecule has 1 aliphatic rings. The largest absolute Gasteiger partial charge is 0.714 e. The summed E-state index contributed by atoms with van der Waals surface area (Å²) in [5.74, 6) is -0.104. The van der Waals surface area contributed by atoms with E-state index in [-0.39, 0.29) is 17.1 Å². The third-order valence-corrected chi connectivity index (χ3v) is 4.27. The zero-order chi connectivity index (χ0) is 15.3. The van der Waals surface area contributed by atoms with Crippen LogP contribution in [0, 0.1) is 15.3 Å². The molecule has 0 unspecified atom stereocenters. The predicted molar refractivity (Wildman–Crippen MR) is 72.6 cm³/mol. The molecular weight excluding hydrogens is 262 g/mol. The molecule has 7 heteroatoms. The number of amidine groups is 1. The molecule has 2 rings (SSSR count). The fraction of sp³-hybridized carbons (Fsp3) is 0.462. The van der Waals surface area contributed by atoms with Gasteiger partial charge in [0.05, 0.1) is 4.92 Å². The van der Waals surface area contributed by atoms with E-state index in [0.29, 0.717) is 4.74 Å². The molecule has 0 atom stereocenters. The maximum atomic E-state index is 12.5. The standard InChI is InChI=1S/C13H17N3O4/c1-12(2)13(3,4)15(18)11(14(12)17)9-7-5-6-8-10(9)16(19)20/h5-8,17H,1-4H3. The van der Waals surface area contributed by atoms with Gasteiger partial charge in [0.15, 0.2) is 5.54 Å². The van der Waals surface area contributed by atoms with Gasteiger partial charge in [0.1, 0.15) is 11.1 Å². The number of nitrogens with zero attached hydrogens (tertiary/aromatic N) is 3. The number of hydrogen-bond donors (Lipinski definition) is 1. The highest BCUT2D eigenvalue weighted by molar-refractivity contribution is 5.99.